The molecule has 1 atom stereocenters. The molecule has 0 aliphatic rings. The molecule has 0 aromatic heterocycles. The lowest BCUT2D eigenvalue weighted by atomic mass is 10.1. The van der Waals surface area contributed by atoms with Crippen LogP contribution >= 0.6 is 0 Å². The molecule has 88 valence electrons. The van der Waals surface area contributed by atoms with Crippen LogP contribution in [0.5, 0.6) is 0 Å². The van der Waals surface area contributed by atoms with Crippen LogP contribution in [0.4, 0.5) is 0 Å². The molecule has 1 amide bonds. The second-order valence-corrected chi connectivity index (χ2v) is 3.82. The van der Waals surface area contributed by atoms with Crippen molar-refractivity contribution in [2.75, 3.05) is 13.6 Å². The van der Waals surface area contributed by atoms with Gasteiger partial charge in [-0.05, 0) is 25.5 Å². The fraction of sp³-hybridized carbons (Fsp3) is 0.462. The van der Waals surface area contributed by atoms with Crippen LogP contribution in [0.2, 0.25) is 0 Å². The van der Waals surface area contributed by atoms with Crippen LogP contribution in [-0.2, 0) is 11.2 Å². The zero-order chi connectivity index (χ0) is 11.8. The molecule has 3 nitrogen and oxygen atoms in total. The Morgan fingerprint density at radius 2 is 2.00 bits per heavy atom. The zero-order valence-electron chi connectivity index (χ0n) is 9.99. The van der Waals surface area contributed by atoms with Gasteiger partial charge in [0.05, 0.1) is 6.04 Å². The van der Waals surface area contributed by atoms with E-state index in [1.54, 1.807) is 0 Å². The highest BCUT2D eigenvalue weighted by Gasteiger charge is 2.15. The first-order valence-electron chi connectivity index (χ1n) is 5.76. The van der Waals surface area contributed by atoms with E-state index in [4.69, 9.17) is 0 Å². The molecule has 1 aromatic carbocycles. The lowest BCUT2D eigenvalue weighted by molar-refractivity contribution is -0.123. The van der Waals surface area contributed by atoms with E-state index < -0.39 is 0 Å². The Kier molecular flexibility index (Phi) is 5.57. The summed E-state index contributed by atoms with van der Waals surface area (Å²) in [7, 11) is 1.82. The Balaban J connectivity index is 2.52. The maximum absolute atomic E-state index is 11.8. The van der Waals surface area contributed by atoms with Gasteiger partial charge in [0.25, 0.3) is 0 Å². The minimum Gasteiger partial charge on any atom is -0.355 e. The van der Waals surface area contributed by atoms with Crippen molar-refractivity contribution in [3.05, 3.63) is 35.9 Å². The van der Waals surface area contributed by atoms with Gasteiger partial charge in [0.15, 0.2) is 0 Å². The molecule has 1 rings (SSSR count). The zero-order valence-corrected chi connectivity index (χ0v) is 9.99. The third-order valence-corrected chi connectivity index (χ3v) is 2.50. The Hall–Kier alpha value is -1.35. The summed E-state index contributed by atoms with van der Waals surface area (Å²) in [5.41, 5.74) is 1.17. The molecule has 0 fully saturated rings. The molecule has 0 saturated heterocycles. The largest absolute Gasteiger partial charge is 0.355 e. The lowest BCUT2D eigenvalue weighted by Gasteiger charge is -2.15. The van der Waals surface area contributed by atoms with E-state index in [0.29, 0.717) is 0 Å². The van der Waals surface area contributed by atoms with Crippen molar-refractivity contribution >= 4 is 5.91 Å². The first-order valence-corrected chi connectivity index (χ1v) is 5.76. The highest BCUT2D eigenvalue weighted by molar-refractivity contribution is 5.82. The second kappa shape index (κ2) is 7.01. The van der Waals surface area contributed by atoms with Crippen molar-refractivity contribution in [1.29, 1.82) is 0 Å². The average molecular weight is 220 g/mol. The average Bonchev–Trinajstić information content (AvgIpc) is 2.34. The van der Waals surface area contributed by atoms with Gasteiger partial charge in [-0.25, -0.2) is 0 Å². The van der Waals surface area contributed by atoms with Crippen LogP contribution in [0.1, 0.15) is 18.9 Å². The van der Waals surface area contributed by atoms with Crippen molar-refractivity contribution in [3.63, 3.8) is 0 Å². The number of amides is 1. The van der Waals surface area contributed by atoms with Crippen molar-refractivity contribution in [3.8, 4) is 0 Å². The summed E-state index contributed by atoms with van der Waals surface area (Å²) in [6.07, 6.45) is 1.69. The van der Waals surface area contributed by atoms with E-state index in [1.807, 2.05) is 44.3 Å². The van der Waals surface area contributed by atoms with Crippen LogP contribution in [0.15, 0.2) is 30.3 Å². The van der Waals surface area contributed by atoms with Gasteiger partial charge in [-0.1, -0.05) is 37.3 Å². The number of likely N-dealkylation sites (N-methyl/N-ethyl adjacent to an activating group) is 1. The predicted molar refractivity (Wildman–Crippen MR) is 66.3 cm³/mol. The summed E-state index contributed by atoms with van der Waals surface area (Å²) >= 11 is 0. The first kappa shape index (κ1) is 12.7. The summed E-state index contributed by atoms with van der Waals surface area (Å²) in [5.74, 6) is 0.0770. The number of rotatable bonds is 6. The summed E-state index contributed by atoms with van der Waals surface area (Å²) in [5, 5.41) is 5.95. The summed E-state index contributed by atoms with van der Waals surface area (Å²) in [6, 6.07) is 9.90. The van der Waals surface area contributed by atoms with Gasteiger partial charge in [0, 0.05) is 6.54 Å². The molecule has 0 spiro atoms. The Bertz CT molecular complexity index is 311. The molecule has 2 N–H and O–H groups in total. The summed E-state index contributed by atoms with van der Waals surface area (Å²) in [4.78, 5) is 11.8. The van der Waals surface area contributed by atoms with Crippen molar-refractivity contribution in [2.24, 2.45) is 0 Å². The highest BCUT2D eigenvalue weighted by Crippen LogP contribution is 2.03. The van der Waals surface area contributed by atoms with E-state index in [0.717, 1.165) is 19.4 Å². The lowest BCUT2D eigenvalue weighted by Crippen LogP contribution is -2.44. The molecule has 0 unspecified atom stereocenters. The van der Waals surface area contributed by atoms with E-state index in [-0.39, 0.29) is 11.9 Å². The van der Waals surface area contributed by atoms with Gasteiger partial charge in [-0.3, -0.25) is 4.79 Å². The molecule has 0 aliphatic carbocycles. The third kappa shape index (κ3) is 4.03. The topological polar surface area (TPSA) is 41.1 Å². The van der Waals surface area contributed by atoms with Gasteiger partial charge < -0.3 is 10.6 Å². The van der Waals surface area contributed by atoms with E-state index >= 15 is 0 Å². The maximum atomic E-state index is 11.8. The van der Waals surface area contributed by atoms with Gasteiger partial charge in [0.1, 0.15) is 0 Å². The Morgan fingerprint density at radius 3 is 2.56 bits per heavy atom. The molecule has 0 aliphatic heterocycles. The van der Waals surface area contributed by atoms with E-state index in [2.05, 4.69) is 10.6 Å². The number of carbonyl (C=O) groups is 1. The monoisotopic (exact) mass is 220 g/mol. The second-order valence-electron chi connectivity index (χ2n) is 3.82. The molecular weight excluding hydrogens is 200 g/mol. The number of hydrogen-bond acceptors (Lipinski definition) is 2. The molecule has 0 heterocycles. The maximum Gasteiger partial charge on any atom is 0.237 e. The quantitative estimate of drug-likeness (QED) is 0.759. The fourth-order valence-electron chi connectivity index (χ4n) is 1.55. The van der Waals surface area contributed by atoms with E-state index in [1.165, 1.54) is 5.56 Å². The van der Waals surface area contributed by atoms with Crippen LogP contribution in [0.3, 0.4) is 0 Å². The first-order chi connectivity index (χ1) is 7.77. The van der Waals surface area contributed by atoms with Gasteiger partial charge in [-0.15, -0.1) is 0 Å². The molecule has 1 aromatic rings. The van der Waals surface area contributed by atoms with Gasteiger partial charge in [-0.2, -0.15) is 0 Å². The van der Waals surface area contributed by atoms with Crippen LogP contribution in [0, 0.1) is 0 Å². The number of nitrogens with one attached hydrogen (secondary N) is 2. The van der Waals surface area contributed by atoms with E-state index in [9.17, 15) is 4.79 Å². The predicted octanol–water partition coefficient (Wildman–Crippen LogP) is 1.34. The molecule has 0 bridgehead atoms. The molecular formula is C13H20N2O. The minimum absolute atomic E-state index is 0.0770. The minimum atomic E-state index is -0.144. The molecule has 3 heteroatoms. The number of hydrogen-bond donors (Lipinski definition) is 2. The summed E-state index contributed by atoms with van der Waals surface area (Å²) < 4.78 is 0. The Labute approximate surface area is 97.2 Å². The van der Waals surface area contributed by atoms with Crippen molar-refractivity contribution < 1.29 is 4.79 Å². The van der Waals surface area contributed by atoms with Crippen LogP contribution in [-0.4, -0.2) is 25.5 Å². The van der Waals surface area contributed by atoms with Gasteiger partial charge in [0.2, 0.25) is 5.91 Å². The molecule has 16 heavy (non-hydrogen) atoms. The number of benzene rings is 1. The summed E-state index contributed by atoms with van der Waals surface area (Å²) in [6.45, 7) is 2.79. The Morgan fingerprint density at radius 1 is 1.31 bits per heavy atom. The normalized spacial score (nSPS) is 12.1. The SMILES string of the molecule is CCCNC(=O)[C@@H](Cc1ccccc1)NC. The molecule has 0 saturated carbocycles. The smallest absolute Gasteiger partial charge is 0.237 e. The standard InChI is InChI=1S/C13H20N2O/c1-3-9-15-13(16)12(14-2)10-11-7-5-4-6-8-11/h4-8,12,14H,3,9-10H2,1-2H3,(H,15,16)/t12-/m1/s1. The van der Waals surface area contributed by atoms with Crippen molar-refractivity contribution in [1.82, 2.24) is 10.6 Å². The third-order valence-electron chi connectivity index (χ3n) is 2.50. The van der Waals surface area contributed by atoms with Crippen LogP contribution in [0.25, 0.3) is 0 Å². The molecule has 0 radical (unpaired) electrons. The van der Waals surface area contributed by atoms with Crippen molar-refractivity contribution in [2.45, 2.75) is 25.8 Å². The van der Waals surface area contributed by atoms with Crippen LogP contribution < -0.4 is 10.6 Å². The fourth-order valence-corrected chi connectivity index (χ4v) is 1.55. The highest BCUT2D eigenvalue weighted by atomic mass is 16.2. The number of carbonyl (C=O) groups excluding carboxylic acids is 1. The van der Waals surface area contributed by atoms with Gasteiger partial charge >= 0.3 is 0 Å².